The monoisotopic (exact) mass is 299 g/mol. The molecular weight excluding hydrogens is 282 g/mol. The second-order valence-corrected chi connectivity index (χ2v) is 7.69. The smallest absolute Gasteiger partial charge is 0.227 e. The third kappa shape index (κ3) is 2.44. The molecule has 0 aliphatic carbocycles. The summed E-state index contributed by atoms with van der Waals surface area (Å²) in [7, 11) is -3.05. The van der Waals surface area contributed by atoms with Gasteiger partial charge in [-0.15, -0.1) is 0 Å². The zero-order valence-electron chi connectivity index (χ0n) is 11.3. The fourth-order valence-corrected chi connectivity index (χ4v) is 4.71. The van der Waals surface area contributed by atoms with Crippen LogP contribution in [0.2, 0.25) is 0 Å². The van der Waals surface area contributed by atoms with Gasteiger partial charge in [-0.05, 0) is 19.3 Å². The Morgan fingerprint density at radius 2 is 2.20 bits per heavy atom. The average Bonchev–Trinajstić information content (AvgIpc) is 3.07. The van der Waals surface area contributed by atoms with E-state index in [-0.39, 0.29) is 23.5 Å². The maximum absolute atomic E-state index is 12.5. The van der Waals surface area contributed by atoms with Crippen LogP contribution in [-0.4, -0.2) is 47.4 Å². The van der Waals surface area contributed by atoms with E-state index in [1.54, 1.807) is 11.8 Å². The summed E-state index contributed by atoms with van der Waals surface area (Å²) in [5.41, 5.74) is 0. The minimum absolute atomic E-state index is 0.0275. The molecule has 2 saturated heterocycles. The van der Waals surface area contributed by atoms with Crippen molar-refractivity contribution in [3.05, 3.63) is 11.7 Å². The molecule has 0 bridgehead atoms. The predicted octanol–water partition coefficient (Wildman–Crippen LogP) is 0.476. The number of rotatable bonds is 2. The van der Waals surface area contributed by atoms with E-state index in [9.17, 15) is 13.2 Å². The highest BCUT2D eigenvalue weighted by atomic mass is 32.2. The summed E-state index contributed by atoms with van der Waals surface area (Å²) in [5, 5.41) is 3.89. The lowest BCUT2D eigenvalue weighted by molar-refractivity contribution is -0.135. The van der Waals surface area contributed by atoms with E-state index in [0.29, 0.717) is 24.7 Å². The van der Waals surface area contributed by atoms with Crippen LogP contribution in [0, 0.1) is 12.8 Å². The first kappa shape index (κ1) is 13.5. The van der Waals surface area contributed by atoms with Crippen molar-refractivity contribution < 1.29 is 17.7 Å². The quantitative estimate of drug-likeness (QED) is 0.788. The van der Waals surface area contributed by atoms with Gasteiger partial charge in [0.15, 0.2) is 15.7 Å². The van der Waals surface area contributed by atoms with Crippen LogP contribution in [0.25, 0.3) is 0 Å². The molecule has 0 radical (unpaired) electrons. The fourth-order valence-electron chi connectivity index (χ4n) is 2.97. The molecule has 1 aromatic rings. The molecule has 110 valence electrons. The van der Waals surface area contributed by atoms with Gasteiger partial charge in [0, 0.05) is 13.5 Å². The number of aryl methyl sites for hydroxylation is 1. The molecule has 0 unspecified atom stereocenters. The van der Waals surface area contributed by atoms with Crippen molar-refractivity contribution in [2.45, 2.75) is 32.2 Å². The van der Waals surface area contributed by atoms with E-state index < -0.39 is 15.8 Å². The third-order valence-electron chi connectivity index (χ3n) is 3.96. The molecule has 2 atom stereocenters. The third-order valence-corrected chi connectivity index (χ3v) is 5.73. The molecule has 8 heteroatoms. The zero-order chi connectivity index (χ0) is 14.3. The van der Waals surface area contributed by atoms with Gasteiger partial charge in [-0.2, -0.15) is 4.98 Å². The Kier molecular flexibility index (Phi) is 3.27. The molecule has 0 saturated carbocycles. The van der Waals surface area contributed by atoms with Crippen molar-refractivity contribution >= 4 is 15.7 Å². The van der Waals surface area contributed by atoms with Crippen LogP contribution in [0.1, 0.15) is 37.0 Å². The Morgan fingerprint density at radius 1 is 1.40 bits per heavy atom. The van der Waals surface area contributed by atoms with Crippen LogP contribution >= 0.6 is 0 Å². The number of aromatic nitrogens is 2. The number of hydrogen-bond donors (Lipinski definition) is 0. The van der Waals surface area contributed by atoms with Gasteiger partial charge in [-0.25, -0.2) is 8.42 Å². The number of carbonyl (C=O) groups excluding carboxylic acids is 1. The molecule has 7 nitrogen and oxygen atoms in total. The average molecular weight is 299 g/mol. The van der Waals surface area contributed by atoms with E-state index in [1.807, 2.05) is 0 Å². The molecule has 1 amide bonds. The molecule has 0 N–H and O–H groups in total. The Morgan fingerprint density at radius 3 is 2.80 bits per heavy atom. The van der Waals surface area contributed by atoms with Gasteiger partial charge in [-0.3, -0.25) is 4.79 Å². The fraction of sp³-hybridized carbons (Fsp3) is 0.750. The van der Waals surface area contributed by atoms with Crippen molar-refractivity contribution in [1.82, 2.24) is 15.0 Å². The van der Waals surface area contributed by atoms with Crippen molar-refractivity contribution in [1.29, 1.82) is 0 Å². The normalized spacial score (nSPS) is 28.9. The number of nitrogens with zero attached hydrogens (tertiary/aromatic N) is 3. The van der Waals surface area contributed by atoms with Gasteiger partial charge in [0.2, 0.25) is 11.8 Å². The van der Waals surface area contributed by atoms with Crippen molar-refractivity contribution in [2.75, 3.05) is 18.1 Å². The van der Waals surface area contributed by atoms with Crippen molar-refractivity contribution in [2.24, 2.45) is 5.92 Å². The first-order valence-electron chi connectivity index (χ1n) is 6.77. The lowest BCUT2D eigenvalue weighted by atomic mass is 10.1. The van der Waals surface area contributed by atoms with Crippen molar-refractivity contribution in [3.63, 3.8) is 0 Å². The first-order chi connectivity index (χ1) is 9.46. The Balaban J connectivity index is 1.77. The maximum Gasteiger partial charge on any atom is 0.227 e. The number of hydrogen-bond acceptors (Lipinski definition) is 6. The lowest BCUT2D eigenvalue weighted by Gasteiger charge is -2.24. The summed E-state index contributed by atoms with van der Waals surface area (Å²) in [4.78, 5) is 18.4. The van der Waals surface area contributed by atoms with Gasteiger partial charge in [0.25, 0.3) is 0 Å². The Labute approximate surface area is 117 Å². The molecule has 2 aliphatic heterocycles. The van der Waals surface area contributed by atoms with Crippen LogP contribution in [0.4, 0.5) is 0 Å². The zero-order valence-corrected chi connectivity index (χ0v) is 12.1. The summed E-state index contributed by atoms with van der Waals surface area (Å²) in [6.07, 6.45) is 2.10. The van der Waals surface area contributed by atoms with Crippen LogP contribution in [0.15, 0.2) is 4.52 Å². The summed E-state index contributed by atoms with van der Waals surface area (Å²) >= 11 is 0. The molecule has 3 heterocycles. The van der Waals surface area contributed by atoms with E-state index in [0.717, 1.165) is 12.8 Å². The Hall–Kier alpha value is -1.44. The Bertz CT molecular complexity index is 624. The molecule has 20 heavy (non-hydrogen) atoms. The summed E-state index contributed by atoms with van der Waals surface area (Å²) in [5.74, 6) is 0.588. The van der Waals surface area contributed by atoms with E-state index in [4.69, 9.17) is 4.52 Å². The van der Waals surface area contributed by atoms with Gasteiger partial charge in [0.05, 0.1) is 23.5 Å². The standard InChI is InChI=1S/C12H17N3O4S/c1-8-13-11(14-19-8)10-3-2-5-15(10)12(16)9-4-6-20(17,18)7-9/h9-10H,2-7H2,1H3/t9-,10+/m1/s1. The topological polar surface area (TPSA) is 93.4 Å². The van der Waals surface area contributed by atoms with E-state index >= 15 is 0 Å². The summed E-state index contributed by atoms with van der Waals surface area (Å²) in [6.45, 7) is 2.34. The van der Waals surface area contributed by atoms with Gasteiger partial charge < -0.3 is 9.42 Å². The predicted molar refractivity (Wildman–Crippen MR) is 69.5 cm³/mol. The molecule has 1 aromatic heterocycles. The molecule has 2 aliphatic rings. The number of likely N-dealkylation sites (tertiary alicyclic amines) is 1. The highest BCUT2D eigenvalue weighted by Gasteiger charge is 2.40. The first-order valence-corrected chi connectivity index (χ1v) is 8.59. The number of sulfone groups is 1. The number of amides is 1. The lowest BCUT2D eigenvalue weighted by Crippen LogP contribution is -2.36. The molecular formula is C12H17N3O4S. The molecule has 3 rings (SSSR count). The van der Waals surface area contributed by atoms with Gasteiger partial charge in [-0.1, -0.05) is 5.16 Å². The highest BCUT2D eigenvalue weighted by molar-refractivity contribution is 7.91. The number of carbonyl (C=O) groups is 1. The van der Waals surface area contributed by atoms with Gasteiger partial charge >= 0.3 is 0 Å². The SMILES string of the molecule is Cc1nc([C@@H]2CCCN2C(=O)[C@@H]2CCS(=O)(=O)C2)no1. The van der Waals surface area contributed by atoms with Crippen LogP contribution in [0.5, 0.6) is 0 Å². The van der Waals surface area contributed by atoms with Crippen LogP contribution in [0.3, 0.4) is 0 Å². The van der Waals surface area contributed by atoms with Crippen molar-refractivity contribution in [3.8, 4) is 0 Å². The second kappa shape index (κ2) is 4.83. The van der Waals surface area contributed by atoms with Gasteiger partial charge in [0.1, 0.15) is 0 Å². The summed E-state index contributed by atoms with van der Waals surface area (Å²) < 4.78 is 28.0. The van der Waals surface area contributed by atoms with E-state index in [1.165, 1.54) is 0 Å². The summed E-state index contributed by atoms with van der Waals surface area (Å²) in [6, 6.07) is -0.178. The molecule has 0 aromatic carbocycles. The maximum atomic E-state index is 12.5. The minimum atomic E-state index is -3.05. The highest BCUT2D eigenvalue weighted by Crippen LogP contribution is 2.33. The van der Waals surface area contributed by atoms with E-state index in [2.05, 4.69) is 10.1 Å². The molecule has 0 spiro atoms. The van der Waals surface area contributed by atoms with Crippen LogP contribution in [-0.2, 0) is 14.6 Å². The van der Waals surface area contributed by atoms with Crippen LogP contribution < -0.4 is 0 Å². The minimum Gasteiger partial charge on any atom is -0.340 e. The second-order valence-electron chi connectivity index (χ2n) is 5.46. The largest absolute Gasteiger partial charge is 0.340 e. The molecule has 2 fully saturated rings.